The first-order valence-electron chi connectivity index (χ1n) is 3.74. The lowest BCUT2D eigenvalue weighted by molar-refractivity contribution is 0.407. The molecule has 15 heavy (non-hydrogen) atoms. The van der Waals surface area contributed by atoms with Gasteiger partial charge in [0.15, 0.2) is 29.1 Å². The van der Waals surface area contributed by atoms with Crippen LogP contribution < -0.4 is 5.73 Å². The van der Waals surface area contributed by atoms with E-state index in [1.54, 1.807) is 0 Å². The third kappa shape index (κ3) is 1.06. The summed E-state index contributed by atoms with van der Waals surface area (Å²) >= 11 is 0. The van der Waals surface area contributed by atoms with Crippen LogP contribution in [0.5, 0.6) is 0 Å². The van der Waals surface area contributed by atoms with Gasteiger partial charge in [0.2, 0.25) is 0 Å². The van der Waals surface area contributed by atoms with Crippen molar-refractivity contribution in [3.8, 4) is 0 Å². The van der Waals surface area contributed by atoms with Gasteiger partial charge in [-0.25, -0.2) is 22.6 Å². The molecule has 0 fully saturated rings. The molecule has 1 aromatic rings. The molecule has 0 atom stereocenters. The van der Waals surface area contributed by atoms with Gasteiger partial charge in [0.05, 0.1) is 11.1 Å². The van der Waals surface area contributed by atoms with E-state index in [9.17, 15) is 17.6 Å². The number of hydrogen-bond donors (Lipinski definition) is 2. The Labute approximate surface area is 80.7 Å². The SMILES string of the molecule is N=C1N=C(N)c2c(F)c(F)c(F)c(F)c21. The summed E-state index contributed by atoms with van der Waals surface area (Å²) in [4.78, 5) is 3.23. The van der Waals surface area contributed by atoms with Crippen molar-refractivity contribution < 1.29 is 17.6 Å². The lowest BCUT2D eigenvalue weighted by Crippen LogP contribution is -2.16. The average molecular weight is 217 g/mol. The molecule has 0 bridgehead atoms. The van der Waals surface area contributed by atoms with Crippen molar-refractivity contribution in [2.24, 2.45) is 10.7 Å². The molecule has 1 aliphatic rings. The lowest BCUT2D eigenvalue weighted by atomic mass is 10.1. The molecule has 7 heteroatoms. The largest absolute Gasteiger partial charge is 0.383 e. The average Bonchev–Trinajstić information content (AvgIpc) is 2.47. The van der Waals surface area contributed by atoms with E-state index in [-0.39, 0.29) is 0 Å². The highest BCUT2D eigenvalue weighted by Crippen LogP contribution is 2.27. The van der Waals surface area contributed by atoms with E-state index >= 15 is 0 Å². The molecule has 0 unspecified atom stereocenters. The van der Waals surface area contributed by atoms with Gasteiger partial charge in [0.25, 0.3) is 0 Å². The maximum absolute atomic E-state index is 13.1. The smallest absolute Gasteiger partial charge is 0.198 e. The second-order valence-electron chi connectivity index (χ2n) is 2.85. The van der Waals surface area contributed by atoms with E-state index in [0.717, 1.165) is 0 Å². The standard InChI is InChI=1S/C8H3F4N3/c9-3-1-2(8(14)15-7(1)13)4(10)6(12)5(3)11/h(H3,13,14,15). The van der Waals surface area contributed by atoms with Gasteiger partial charge in [0, 0.05) is 0 Å². The number of amidine groups is 2. The number of hydrogen-bond acceptors (Lipinski definition) is 2. The van der Waals surface area contributed by atoms with Gasteiger partial charge in [-0.1, -0.05) is 0 Å². The van der Waals surface area contributed by atoms with Crippen LogP contribution in [0.25, 0.3) is 0 Å². The second kappa shape index (κ2) is 2.78. The van der Waals surface area contributed by atoms with Crippen molar-refractivity contribution in [3.05, 3.63) is 34.4 Å². The van der Waals surface area contributed by atoms with Gasteiger partial charge in [-0.3, -0.25) is 5.41 Å². The predicted octanol–water partition coefficient (Wildman–Crippen LogP) is 1.29. The molecule has 0 saturated heterocycles. The first-order valence-corrected chi connectivity index (χ1v) is 3.74. The number of rotatable bonds is 0. The maximum atomic E-state index is 13.1. The zero-order valence-corrected chi connectivity index (χ0v) is 7.04. The van der Waals surface area contributed by atoms with E-state index in [1.165, 1.54) is 0 Å². The Kier molecular flexibility index (Phi) is 1.79. The van der Waals surface area contributed by atoms with E-state index in [1.807, 2.05) is 0 Å². The molecule has 0 amide bonds. The fraction of sp³-hybridized carbons (Fsp3) is 0. The van der Waals surface area contributed by atoms with Crippen molar-refractivity contribution in [3.63, 3.8) is 0 Å². The van der Waals surface area contributed by atoms with Gasteiger partial charge in [-0.2, -0.15) is 0 Å². The molecular formula is C8H3F4N3. The molecule has 0 saturated carbocycles. The van der Waals surface area contributed by atoms with Crippen molar-refractivity contribution in [1.82, 2.24) is 0 Å². The van der Waals surface area contributed by atoms with E-state index in [4.69, 9.17) is 11.1 Å². The molecular weight excluding hydrogens is 214 g/mol. The first kappa shape index (κ1) is 9.63. The molecule has 1 aromatic carbocycles. The molecule has 1 aliphatic heterocycles. The van der Waals surface area contributed by atoms with Gasteiger partial charge < -0.3 is 5.73 Å². The van der Waals surface area contributed by atoms with Gasteiger partial charge >= 0.3 is 0 Å². The molecule has 3 N–H and O–H groups in total. The summed E-state index contributed by atoms with van der Waals surface area (Å²) < 4.78 is 51.8. The van der Waals surface area contributed by atoms with Crippen LogP contribution in [0, 0.1) is 28.7 Å². The Hall–Kier alpha value is -1.92. The van der Waals surface area contributed by atoms with Crippen LogP contribution in [-0.4, -0.2) is 11.7 Å². The molecule has 3 nitrogen and oxygen atoms in total. The summed E-state index contributed by atoms with van der Waals surface area (Å²) in [6, 6.07) is 0. The van der Waals surface area contributed by atoms with Crippen molar-refractivity contribution in [1.29, 1.82) is 5.41 Å². The predicted molar refractivity (Wildman–Crippen MR) is 43.8 cm³/mol. The van der Waals surface area contributed by atoms with Crippen LogP contribution in [0.3, 0.4) is 0 Å². The number of nitrogens with one attached hydrogen (secondary N) is 1. The van der Waals surface area contributed by atoms with Gasteiger partial charge in [-0.15, -0.1) is 0 Å². The summed E-state index contributed by atoms with van der Waals surface area (Å²) in [5, 5.41) is 7.10. The van der Waals surface area contributed by atoms with Crippen LogP contribution in [0.15, 0.2) is 4.99 Å². The minimum Gasteiger partial charge on any atom is -0.383 e. The maximum Gasteiger partial charge on any atom is 0.198 e. The lowest BCUT2D eigenvalue weighted by Gasteiger charge is -2.04. The fourth-order valence-electron chi connectivity index (χ4n) is 1.33. The van der Waals surface area contributed by atoms with Gasteiger partial charge in [0.1, 0.15) is 5.84 Å². The minimum atomic E-state index is -1.97. The molecule has 0 aliphatic carbocycles. The van der Waals surface area contributed by atoms with Gasteiger partial charge in [-0.05, 0) is 0 Å². The molecule has 0 radical (unpaired) electrons. The van der Waals surface area contributed by atoms with E-state index in [2.05, 4.69) is 4.99 Å². The number of fused-ring (bicyclic) bond motifs is 1. The summed E-state index contributed by atoms with van der Waals surface area (Å²) in [7, 11) is 0. The van der Waals surface area contributed by atoms with Crippen LogP contribution in [0.1, 0.15) is 11.1 Å². The number of nitrogens with two attached hydrogens (primary N) is 1. The third-order valence-corrected chi connectivity index (χ3v) is 1.99. The number of halogens is 4. The van der Waals surface area contributed by atoms with Crippen LogP contribution in [0.4, 0.5) is 17.6 Å². The first-order chi connectivity index (χ1) is 6.95. The Morgan fingerprint density at radius 2 is 1.33 bits per heavy atom. The summed E-state index contributed by atoms with van der Waals surface area (Å²) in [5.74, 6) is -8.48. The fourth-order valence-corrected chi connectivity index (χ4v) is 1.33. The molecule has 2 rings (SSSR count). The quantitative estimate of drug-likeness (QED) is 0.384. The summed E-state index contributed by atoms with van der Waals surface area (Å²) in [6.07, 6.45) is 0. The molecule has 78 valence electrons. The molecule has 1 heterocycles. The zero-order valence-electron chi connectivity index (χ0n) is 7.04. The van der Waals surface area contributed by atoms with E-state index < -0.39 is 46.1 Å². The summed E-state index contributed by atoms with van der Waals surface area (Å²) in [5.41, 5.74) is 3.69. The highest BCUT2D eigenvalue weighted by Gasteiger charge is 2.32. The topological polar surface area (TPSA) is 62.2 Å². The van der Waals surface area contributed by atoms with Crippen LogP contribution in [-0.2, 0) is 0 Å². The Bertz CT molecular complexity index is 521. The molecule has 0 spiro atoms. The van der Waals surface area contributed by atoms with Crippen molar-refractivity contribution in [2.75, 3.05) is 0 Å². The van der Waals surface area contributed by atoms with E-state index in [0.29, 0.717) is 0 Å². The normalized spacial score (nSPS) is 14.1. The third-order valence-electron chi connectivity index (χ3n) is 1.99. The van der Waals surface area contributed by atoms with Crippen LogP contribution in [0.2, 0.25) is 0 Å². The van der Waals surface area contributed by atoms with Crippen LogP contribution >= 0.6 is 0 Å². The Balaban J connectivity index is 2.92. The van der Waals surface area contributed by atoms with Crippen molar-refractivity contribution >= 4 is 11.7 Å². The highest BCUT2D eigenvalue weighted by molar-refractivity contribution is 6.21. The second-order valence-corrected chi connectivity index (χ2v) is 2.85. The minimum absolute atomic E-state index is 0.537. The number of nitrogens with zero attached hydrogens (tertiary/aromatic N) is 1. The zero-order chi connectivity index (χ0) is 11.3. The Morgan fingerprint density at radius 3 is 1.87 bits per heavy atom. The highest BCUT2D eigenvalue weighted by atomic mass is 19.2. The molecule has 0 aromatic heterocycles. The summed E-state index contributed by atoms with van der Waals surface area (Å²) in [6.45, 7) is 0. The monoisotopic (exact) mass is 217 g/mol. The Morgan fingerprint density at radius 1 is 0.867 bits per heavy atom. The van der Waals surface area contributed by atoms with Crippen molar-refractivity contribution in [2.45, 2.75) is 0 Å². The number of aliphatic imine (C=N–C) groups is 1. The number of benzene rings is 1.